The Morgan fingerprint density at radius 3 is 1.20 bits per heavy atom. The van der Waals surface area contributed by atoms with E-state index in [-0.39, 0.29) is 25.2 Å². The Labute approximate surface area is 333 Å². The molecule has 0 aliphatic heterocycles. The molecule has 5 heteroatoms. The molecule has 1 N–H and O–H groups in total. The van der Waals surface area contributed by atoms with Crippen LogP contribution in [0.4, 0.5) is 0 Å². The summed E-state index contributed by atoms with van der Waals surface area (Å²) in [5.74, 6) is -0.608. The number of hydrogen-bond donors (Lipinski definition) is 1. The Hall–Kier alpha value is -2.92. The maximum Gasteiger partial charge on any atom is 0.306 e. The van der Waals surface area contributed by atoms with Gasteiger partial charge < -0.3 is 14.6 Å². The quantitative estimate of drug-likeness (QED) is 0.0385. The van der Waals surface area contributed by atoms with Gasteiger partial charge in [0.05, 0.1) is 6.61 Å². The number of aliphatic hydroxyl groups is 1. The zero-order valence-electron chi connectivity index (χ0n) is 35.0. The van der Waals surface area contributed by atoms with Crippen LogP contribution in [0.15, 0.2) is 85.1 Å². The van der Waals surface area contributed by atoms with Crippen molar-refractivity contribution in [1.29, 1.82) is 0 Å². The summed E-state index contributed by atoms with van der Waals surface area (Å²) in [4.78, 5) is 24.3. The molecule has 0 rings (SSSR count). The van der Waals surface area contributed by atoms with Gasteiger partial charge in [-0.05, 0) is 70.6 Å². The molecule has 0 aromatic carbocycles. The Morgan fingerprint density at radius 1 is 0.444 bits per heavy atom. The molecule has 0 aromatic heterocycles. The molecule has 0 aliphatic carbocycles. The largest absolute Gasteiger partial charge is 0.462 e. The molecule has 0 fully saturated rings. The lowest BCUT2D eigenvalue weighted by Crippen LogP contribution is -2.28. The summed E-state index contributed by atoms with van der Waals surface area (Å²) in [5.41, 5.74) is 0. The average Bonchev–Trinajstić information content (AvgIpc) is 3.17. The first kappa shape index (κ1) is 51.1. The van der Waals surface area contributed by atoms with E-state index < -0.39 is 6.10 Å². The lowest BCUT2D eigenvalue weighted by atomic mass is 10.1. The molecule has 0 spiro atoms. The van der Waals surface area contributed by atoms with Crippen molar-refractivity contribution < 1.29 is 24.2 Å². The van der Waals surface area contributed by atoms with Gasteiger partial charge in [-0.3, -0.25) is 9.59 Å². The van der Waals surface area contributed by atoms with E-state index in [1.807, 2.05) is 0 Å². The van der Waals surface area contributed by atoms with Crippen LogP contribution >= 0.6 is 0 Å². The third-order valence-electron chi connectivity index (χ3n) is 9.20. The highest BCUT2D eigenvalue weighted by atomic mass is 16.6. The smallest absolute Gasteiger partial charge is 0.306 e. The van der Waals surface area contributed by atoms with E-state index in [9.17, 15) is 14.7 Å². The molecule has 5 nitrogen and oxygen atoms in total. The molecule has 0 saturated carbocycles. The predicted octanol–water partition coefficient (Wildman–Crippen LogP) is 14.3. The monoisotopic (exact) mass is 751 g/mol. The van der Waals surface area contributed by atoms with Crippen molar-refractivity contribution >= 4 is 11.9 Å². The van der Waals surface area contributed by atoms with Gasteiger partial charge in [0.25, 0.3) is 0 Å². The van der Waals surface area contributed by atoms with Crippen LogP contribution in [0.2, 0.25) is 0 Å². The normalized spacial score (nSPS) is 13.0. The fourth-order valence-corrected chi connectivity index (χ4v) is 5.89. The van der Waals surface area contributed by atoms with E-state index in [0.29, 0.717) is 12.8 Å². The van der Waals surface area contributed by atoms with Crippen LogP contribution in [0.3, 0.4) is 0 Å². The number of carbonyl (C=O) groups is 2. The molecule has 308 valence electrons. The summed E-state index contributed by atoms with van der Waals surface area (Å²) >= 11 is 0. The number of ether oxygens (including phenoxy) is 2. The predicted molar refractivity (Wildman–Crippen MR) is 233 cm³/mol. The standard InChI is InChI=1S/C49H82O5/c1-3-5-7-9-11-13-15-16-17-18-19-20-21-22-23-24-25-26-27-28-29-30-31-32-34-36-38-40-42-44-49(52)54-47(45-50)46-53-48(51)43-41-39-37-35-33-14-12-10-8-6-4-2/h5,7,11,13,16-17,19-20,22-23,25-26,28-29,47,50H,3-4,6,8-10,12,14-15,18,21,24,27,30-46H2,1-2H3/b7-5-,13-11-,17-16-,20-19-,23-22-,26-25-,29-28-. The molecule has 0 saturated heterocycles. The van der Waals surface area contributed by atoms with Crippen molar-refractivity contribution in [3.63, 3.8) is 0 Å². The number of carbonyl (C=O) groups excluding carboxylic acids is 2. The molecule has 0 bridgehead atoms. The van der Waals surface area contributed by atoms with Gasteiger partial charge in [-0.25, -0.2) is 0 Å². The van der Waals surface area contributed by atoms with Crippen molar-refractivity contribution in [1.82, 2.24) is 0 Å². The average molecular weight is 751 g/mol. The molecule has 1 atom stereocenters. The lowest BCUT2D eigenvalue weighted by molar-refractivity contribution is -0.161. The Balaban J connectivity index is 3.61. The van der Waals surface area contributed by atoms with Gasteiger partial charge >= 0.3 is 11.9 Å². The van der Waals surface area contributed by atoms with Crippen LogP contribution in [-0.4, -0.2) is 36.4 Å². The summed E-state index contributed by atoms with van der Waals surface area (Å²) in [6.45, 7) is 4.00. The Morgan fingerprint density at radius 2 is 0.796 bits per heavy atom. The maximum atomic E-state index is 12.2. The maximum absolute atomic E-state index is 12.2. The van der Waals surface area contributed by atoms with Crippen molar-refractivity contribution in [2.75, 3.05) is 13.2 Å². The minimum atomic E-state index is -0.779. The molecule has 0 heterocycles. The zero-order valence-corrected chi connectivity index (χ0v) is 35.0. The van der Waals surface area contributed by atoms with Crippen LogP contribution in [0.25, 0.3) is 0 Å². The van der Waals surface area contributed by atoms with Gasteiger partial charge in [-0.2, -0.15) is 0 Å². The highest BCUT2D eigenvalue weighted by Crippen LogP contribution is 2.13. The third-order valence-corrected chi connectivity index (χ3v) is 9.20. The molecule has 0 aliphatic rings. The van der Waals surface area contributed by atoms with E-state index >= 15 is 0 Å². The fraction of sp³-hybridized carbons (Fsp3) is 0.673. The van der Waals surface area contributed by atoms with Gasteiger partial charge in [0.2, 0.25) is 0 Å². The summed E-state index contributed by atoms with van der Waals surface area (Å²) in [6, 6.07) is 0. The fourth-order valence-electron chi connectivity index (χ4n) is 5.89. The van der Waals surface area contributed by atoms with Crippen LogP contribution in [-0.2, 0) is 19.1 Å². The number of rotatable bonds is 39. The number of esters is 2. The molecule has 0 amide bonds. The molecule has 0 radical (unpaired) electrons. The first-order valence-corrected chi connectivity index (χ1v) is 22.1. The number of unbranched alkanes of at least 4 members (excludes halogenated alkanes) is 17. The Kier molecular flexibility index (Phi) is 42.1. The van der Waals surface area contributed by atoms with Gasteiger partial charge in [0.1, 0.15) is 6.61 Å². The SMILES string of the molecule is CC/C=C\C/C=C\C/C=C\C/C=C\C/C=C\C/C=C\C/C=C\CCCCCCCCCC(=O)OC(CO)COC(=O)CCCCCCCCCCCCC. The highest BCUT2D eigenvalue weighted by Gasteiger charge is 2.16. The minimum absolute atomic E-state index is 0.0726. The van der Waals surface area contributed by atoms with Gasteiger partial charge in [0.15, 0.2) is 6.10 Å². The summed E-state index contributed by atoms with van der Waals surface area (Å²) in [5, 5.41) is 9.56. The van der Waals surface area contributed by atoms with E-state index in [0.717, 1.165) is 89.9 Å². The number of hydrogen-bond acceptors (Lipinski definition) is 5. The van der Waals surface area contributed by atoms with Crippen LogP contribution in [0.5, 0.6) is 0 Å². The summed E-state index contributed by atoms with van der Waals surface area (Å²) in [7, 11) is 0. The zero-order chi connectivity index (χ0) is 39.3. The first-order valence-electron chi connectivity index (χ1n) is 22.1. The Bertz CT molecular complexity index is 1030. The number of allylic oxidation sites excluding steroid dienone is 14. The second kappa shape index (κ2) is 44.5. The van der Waals surface area contributed by atoms with Gasteiger partial charge in [-0.1, -0.05) is 195 Å². The highest BCUT2D eigenvalue weighted by molar-refractivity contribution is 5.70. The second-order valence-corrected chi connectivity index (χ2v) is 14.4. The van der Waals surface area contributed by atoms with Crippen LogP contribution in [0.1, 0.15) is 194 Å². The lowest BCUT2D eigenvalue weighted by Gasteiger charge is -2.15. The second-order valence-electron chi connectivity index (χ2n) is 14.4. The van der Waals surface area contributed by atoms with Gasteiger partial charge in [0, 0.05) is 12.8 Å². The van der Waals surface area contributed by atoms with E-state index in [1.165, 1.54) is 77.0 Å². The van der Waals surface area contributed by atoms with E-state index in [4.69, 9.17) is 9.47 Å². The topological polar surface area (TPSA) is 72.8 Å². The first-order chi connectivity index (χ1) is 26.6. The molecular formula is C49H82O5. The van der Waals surface area contributed by atoms with Crippen molar-refractivity contribution in [3.05, 3.63) is 85.1 Å². The van der Waals surface area contributed by atoms with E-state index in [2.05, 4.69) is 98.9 Å². The summed E-state index contributed by atoms with van der Waals surface area (Å²) in [6.07, 6.45) is 60.8. The van der Waals surface area contributed by atoms with Crippen molar-refractivity contribution in [2.45, 2.75) is 200 Å². The molecule has 54 heavy (non-hydrogen) atoms. The van der Waals surface area contributed by atoms with Crippen LogP contribution in [0, 0.1) is 0 Å². The van der Waals surface area contributed by atoms with E-state index in [1.54, 1.807) is 0 Å². The summed E-state index contributed by atoms with van der Waals surface area (Å²) < 4.78 is 10.6. The van der Waals surface area contributed by atoms with Gasteiger partial charge in [-0.15, -0.1) is 0 Å². The third kappa shape index (κ3) is 41.8. The number of aliphatic hydroxyl groups excluding tert-OH is 1. The van der Waals surface area contributed by atoms with Crippen molar-refractivity contribution in [2.24, 2.45) is 0 Å². The molecule has 0 aromatic rings. The molecular weight excluding hydrogens is 669 g/mol. The molecule has 1 unspecified atom stereocenters. The van der Waals surface area contributed by atoms with Crippen molar-refractivity contribution in [3.8, 4) is 0 Å². The minimum Gasteiger partial charge on any atom is -0.462 e. The van der Waals surface area contributed by atoms with Crippen LogP contribution < -0.4 is 0 Å².